The van der Waals surface area contributed by atoms with Gasteiger partial charge in [-0.15, -0.1) is 0 Å². The summed E-state index contributed by atoms with van der Waals surface area (Å²) < 4.78 is 11.0. The Hall–Kier alpha value is -2.14. The third-order valence-corrected chi connectivity index (χ3v) is 4.06. The van der Waals surface area contributed by atoms with Crippen LogP contribution in [0.5, 0.6) is 5.75 Å². The molecule has 0 N–H and O–H groups in total. The molecule has 0 heterocycles. The zero-order valence-corrected chi connectivity index (χ0v) is 15.0. The van der Waals surface area contributed by atoms with Gasteiger partial charge >= 0.3 is 5.97 Å². The summed E-state index contributed by atoms with van der Waals surface area (Å²) in [5.74, 6) is 0.254. The largest absolute Gasteiger partial charge is 0.497 e. The van der Waals surface area contributed by atoms with Gasteiger partial charge in [0.05, 0.1) is 7.11 Å². The smallest absolute Gasteiger partial charge is 0.306 e. The Bertz CT molecular complexity index is 678. The van der Waals surface area contributed by atoms with Crippen LogP contribution in [-0.4, -0.2) is 25.5 Å². The Morgan fingerprint density at radius 3 is 2.29 bits per heavy atom. The molecule has 0 bridgehead atoms. The van der Waals surface area contributed by atoms with Gasteiger partial charge in [0.15, 0.2) is 12.4 Å². The minimum Gasteiger partial charge on any atom is -0.497 e. The Balaban J connectivity index is 1.69. The van der Waals surface area contributed by atoms with Gasteiger partial charge in [-0.05, 0) is 42.7 Å². The van der Waals surface area contributed by atoms with Gasteiger partial charge in [-0.1, -0.05) is 40.2 Å². The van der Waals surface area contributed by atoms with Gasteiger partial charge in [-0.25, -0.2) is 0 Å². The molecule has 126 valence electrons. The van der Waals surface area contributed by atoms with Crippen molar-refractivity contribution in [2.75, 3.05) is 13.7 Å². The fraction of sp³-hybridized carbons (Fsp3) is 0.263. The molecule has 0 unspecified atom stereocenters. The van der Waals surface area contributed by atoms with Gasteiger partial charge in [0, 0.05) is 16.5 Å². The first-order valence-electron chi connectivity index (χ1n) is 7.66. The first-order chi connectivity index (χ1) is 11.6. The van der Waals surface area contributed by atoms with E-state index in [1.54, 1.807) is 31.4 Å². The number of halogens is 1. The van der Waals surface area contributed by atoms with Crippen LogP contribution in [0.15, 0.2) is 53.0 Å². The maximum absolute atomic E-state index is 11.9. The third-order valence-electron chi connectivity index (χ3n) is 3.54. The first kappa shape index (κ1) is 18.2. The molecule has 5 heteroatoms. The van der Waals surface area contributed by atoms with E-state index in [-0.39, 0.29) is 18.4 Å². The molecule has 0 amide bonds. The Kier molecular flexibility index (Phi) is 7.00. The minimum absolute atomic E-state index is 0.203. The van der Waals surface area contributed by atoms with Gasteiger partial charge in [-0.2, -0.15) is 0 Å². The van der Waals surface area contributed by atoms with Gasteiger partial charge < -0.3 is 9.47 Å². The fourth-order valence-electron chi connectivity index (χ4n) is 2.17. The Morgan fingerprint density at radius 1 is 1.00 bits per heavy atom. The van der Waals surface area contributed by atoms with Crippen LogP contribution in [0.25, 0.3) is 0 Å². The zero-order chi connectivity index (χ0) is 17.4. The summed E-state index contributed by atoms with van der Waals surface area (Å²) in [6.45, 7) is -0.219. The van der Waals surface area contributed by atoms with Crippen molar-refractivity contribution < 1.29 is 19.1 Å². The van der Waals surface area contributed by atoms with Crippen molar-refractivity contribution in [3.63, 3.8) is 0 Å². The number of methoxy groups -OCH3 is 1. The summed E-state index contributed by atoms with van der Waals surface area (Å²) in [7, 11) is 1.63. The lowest BCUT2D eigenvalue weighted by Gasteiger charge is -2.05. The lowest BCUT2D eigenvalue weighted by Crippen LogP contribution is -2.14. The molecule has 0 fully saturated rings. The SMILES string of the molecule is COc1ccc(CCCC(=O)OCC(=O)c2ccc(Br)cc2)cc1. The molecule has 0 saturated heterocycles. The summed E-state index contributed by atoms with van der Waals surface area (Å²) in [5, 5.41) is 0. The van der Waals surface area contributed by atoms with Gasteiger partial charge in [0.1, 0.15) is 5.75 Å². The van der Waals surface area contributed by atoms with Crippen LogP contribution < -0.4 is 4.74 Å². The number of rotatable bonds is 8. The molecular weight excluding hydrogens is 372 g/mol. The van der Waals surface area contributed by atoms with Crippen LogP contribution >= 0.6 is 15.9 Å². The van der Waals surface area contributed by atoms with E-state index in [0.717, 1.165) is 22.2 Å². The van der Waals surface area contributed by atoms with Gasteiger partial charge in [-0.3, -0.25) is 9.59 Å². The van der Waals surface area contributed by atoms with E-state index < -0.39 is 0 Å². The second-order valence-electron chi connectivity index (χ2n) is 5.29. The molecule has 2 aromatic rings. The van der Waals surface area contributed by atoms with E-state index in [0.29, 0.717) is 18.4 Å². The number of ether oxygens (including phenoxy) is 2. The number of benzene rings is 2. The van der Waals surface area contributed by atoms with Crippen LogP contribution in [-0.2, 0) is 16.0 Å². The summed E-state index contributed by atoms with van der Waals surface area (Å²) in [4.78, 5) is 23.6. The van der Waals surface area contributed by atoms with Crippen LogP contribution in [0.2, 0.25) is 0 Å². The number of ketones is 1. The van der Waals surface area contributed by atoms with Crippen molar-refractivity contribution in [1.82, 2.24) is 0 Å². The van der Waals surface area contributed by atoms with Crippen LogP contribution in [0, 0.1) is 0 Å². The second-order valence-corrected chi connectivity index (χ2v) is 6.21. The standard InChI is InChI=1S/C19H19BrO4/c1-23-17-11-5-14(6-12-17)3-2-4-19(22)24-13-18(21)15-7-9-16(20)10-8-15/h5-12H,2-4,13H2,1H3. The number of Topliss-reactive ketones (excluding diaryl/α,β-unsaturated/α-hetero) is 1. The summed E-state index contributed by atoms with van der Waals surface area (Å²) in [6, 6.07) is 14.7. The van der Waals surface area contributed by atoms with Crippen molar-refractivity contribution in [3.05, 3.63) is 64.1 Å². The highest BCUT2D eigenvalue weighted by molar-refractivity contribution is 9.10. The summed E-state index contributed by atoms with van der Waals surface area (Å²) >= 11 is 3.31. The molecule has 0 saturated carbocycles. The normalized spacial score (nSPS) is 10.2. The molecular formula is C19H19BrO4. The molecule has 0 aliphatic heterocycles. The van der Waals surface area contributed by atoms with Gasteiger partial charge in [0.25, 0.3) is 0 Å². The van der Waals surface area contributed by atoms with Crippen LogP contribution in [0.3, 0.4) is 0 Å². The second kappa shape index (κ2) is 9.23. The first-order valence-corrected chi connectivity index (χ1v) is 8.45. The zero-order valence-electron chi connectivity index (χ0n) is 13.5. The highest BCUT2D eigenvalue weighted by atomic mass is 79.9. The topological polar surface area (TPSA) is 52.6 Å². The molecule has 0 radical (unpaired) electrons. The molecule has 0 aliphatic rings. The van der Waals surface area contributed by atoms with Crippen molar-refractivity contribution in [3.8, 4) is 5.75 Å². The average molecular weight is 391 g/mol. The maximum atomic E-state index is 11.9. The highest BCUT2D eigenvalue weighted by Gasteiger charge is 2.10. The van der Waals surface area contributed by atoms with Crippen molar-refractivity contribution >= 4 is 27.7 Å². The molecule has 0 spiro atoms. The van der Waals surface area contributed by atoms with Crippen molar-refractivity contribution in [2.45, 2.75) is 19.3 Å². The van der Waals surface area contributed by atoms with Gasteiger partial charge in [0.2, 0.25) is 0 Å². The van der Waals surface area contributed by atoms with E-state index >= 15 is 0 Å². The molecule has 0 atom stereocenters. The Morgan fingerprint density at radius 2 is 1.67 bits per heavy atom. The molecule has 2 aromatic carbocycles. The molecule has 4 nitrogen and oxygen atoms in total. The van der Waals surface area contributed by atoms with Crippen LogP contribution in [0.1, 0.15) is 28.8 Å². The predicted molar refractivity (Wildman–Crippen MR) is 95.4 cm³/mol. The lowest BCUT2D eigenvalue weighted by atomic mass is 10.1. The third kappa shape index (κ3) is 5.81. The lowest BCUT2D eigenvalue weighted by molar-refractivity contribution is -0.142. The summed E-state index contributed by atoms with van der Waals surface area (Å²) in [6.07, 6.45) is 1.75. The molecule has 0 aromatic heterocycles. The molecule has 0 aliphatic carbocycles. The van der Waals surface area contributed by atoms with E-state index in [1.807, 2.05) is 24.3 Å². The number of hydrogen-bond donors (Lipinski definition) is 0. The molecule has 24 heavy (non-hydrogen) atoms. The van der Waals surface area contributed by atoms with E-state index in [1.165, 1.54) is 0 Å². The average Bonchev–Trinajstić information content (AvgIpc) is 2.61. The number of carbonyl (C=O) groups is 2. The number of aryl methyl sites for hydroxylation is 1. The summed E-state index contributed by atoms with van der Waals surface area (Å²) in [5.41, 5.74) is 1.67. The number of carbonyl (C=O) groups excluding carboxylic acids is 2. The molecule has 2 rings (SSSR count). The number of esters is 1. The number of hydrogen-bond acceptors (Lipinski definition) is 4. The van der Waals surface area contributed by atoms with E-state index in [2.05, 4.69) is 15.9 Å². The van der Waals surface area contributed by atoms with E-state index in [9.17, 15) is 9.59 Å². The predicted octanol–water partition coefficient (Wildman–Crippen LogP) is 4.21. The minimum atomic E-state index is -0.353. The monoisotopic (exact) mass is 390 g/mol. The highest BCUT2D eigenvalue weighted by Crippen LogP contribution is 2.14. The van der Waals surface area contributed by atoms with Crippen molar-refractivity contribution in [1.29, 1.82) is 0 Å². The Labute approximate surface area is 149 Å². The quantitative estimate of drug-likeness (QED) is 0.500. The van der Waals surface area contributed by atoms with E-state index in [4.69, 9.17) is 9.47 Å². The van der Waals surface area contributed by atoms with Crippen LogP contribution in [0.4, 0.5) is 0 Å². The maximum Gasteiger partial charge on any atom is 0.306 e. The fourth-order valence-corrected chi connectivity index (χ4v) is 2.43. The van der Waals surface area contributed by atoms with Crippen molar-refractivity contribution in [2.24, 2.45) is 0 Å².